The van der Waals surface area contributed by atoms with Gasteiger partial charge in [-0.3, -0.25) is 28.1 Å². The van der Waals surface area contributed by atoms with Gasteiger partial charge in [0, 0.05) is 174 Å². The van der Waals surface area contributed by atoms with Crippen LogP contribution in [-0.4, -0.2) is 166 Å². The molecule has 0 spiro atoms. The van der Waals surface area contributed by atoms with Crippen LogP contribution in [0.5, 0.6) is 5.88 Å². The number of hydrogen-bond donors (Lipinski definition) is 7. The molecule has 2 aliphatic carbocycles. The van der Waals surface area contributed by atoms with Crippen LogP contribution in [0.4, 0.5) is 16.0 Å². The molecule has 3 aliphatic rings. The van der Waals surface area contributed by atoms with Crippen molar-refractivity contribution in [3.63, 3.8) is 0 Å². The van der Waals surface area contributed by atoms with Crippen LogP contribution in [0.2, 0.25) is 0 Å². The number of hydrogen-bond acceptors (Lipinski definition) is 20. The molecule has 0 amide bonds. The molecule has 26 nitrogen and oxygen atoms in total. The van der Waals surface area contributed by atoms with Crippen molar-refractivity contribution in [1.29, 1.82) is 0 Å². The number of nitrogens with one attached hydrogen (secondary N) is 3. The molecule has 9 aromatic heterocycles. The second-order valence-corrected chi connectivity index (χ2v) is 25.2. The second kappa shape index (κ2) is 29.3. The van der Waals surface area contributed by atoms with Crippen molar-refractivity contribution < 1.29 is 24.4 Å². The fourth-order valence-electron chi connectivity index (χ4n) is 12.5. The number of aliphatic hydroxyl groups is 3. The van der Waals surface area contributed by atoms with Gasteiger partial charge in [0.15, 0.2) is 17.5 Å². The number of nitrogens with zero attached hydrogens (tertiary/aromatic N) is 18. The lowest BCUT2D eigenvalue weighted by atomic mass is 9.90. The van der Waals surface area contributed by atoms with E-state index in [0.29, 0.717) is 78.6 Å². The quantitative estimate of drug-likeness (QED) is 0.0508. The van der Waals surface area contributed by atoms with Crippen LogP contribution in [0.1, 0.15) is 44.9 Å². The number of benzene rings is 3. The smallest absolute Gasteiger partial charge is 0.227 e. The second-order valence-electron chi connectivity index (χ2n) is 25.2. The first-order chi connectivity index (χ1) is 47.5. The van der Waals surface area contributed by atoms with Gasteiger partial charge in [0.2, 0.25) is 5.88 Å². The van der Waals surface area contributed by atoms with Crippen LogP contribution in [0.25, 0.3) is 101 Å². The van der Waals surface area contributed by atoms with Gasteiger partial charge in [0.1, 0.15) is 30.0 Å². The van der Waals surface area contributed by atoms with E-state index in [0.717, 1.165) is 98.1 Å². The Bertz CT molecular complexity index is 4490. The van der Waals surface area contributed by atoms with Crippen molar-refractivity contribution in [2.75, 3.05) is 23.7 Å². The first-order valence-electron chi connectivity index (χ1n) is 32.7. The first-order valence-corrected chi connectivity index (χ1v) is 32.7. The van der Waals surface area contributed by atoms with Crippen LogP contribution in [0, 0.1) is 0 Å². The lowest BCUT2D eigenvalue weighted by Gasteiger charge is -2.33. The molecule has 8 atom stereocenters. The molecule has 10 heterocycles. The normalized spacial score (nSPS) is 20.0. The Morgan fingerprint density at radius 3 is 1.46 bits per heavy atom. The van der Waals surface area contributed by atoms with Crippen molar-refractivity contribution in [1.82, 2.24) is 93.9 Å². The van der Waals surface area contributed by atoms with Gasteiger partial charge in [0.25, 0.3) is 0 Å². The maximum absolute atomic E-state index is 14.0. The number of aromatic nitrogens is 18. The Hall–Kier alpha value is -10.7. The minimum Gasteiger partial charge on any atom is -0.471 e. The van der Waals surface area contributed by atoms with Gasteiger partial charge >= 0.3 is 0 Å². The minimum atomic E-state index is -0.874. The largest absolute Gasteiger partial charge is 0.471 e. The summed E-state index contributed by atoms with van der Waals surface area (Å²) in [5, 5.41) is 67.3. The number of alkyl halides is 1. The molecule has 15 rings (SSSR count). The van der Waals surface area contributed by atoms with Crippen molar-refractivity contribution in [3.8, 4) is 107 Å². The Balaban J connectivity index is 0.000000132. The molecular weight excluding hydrogens is 1240 g/mol. The van der Waals surface area contributed by atoms with Gasteiger partial charge in [-0.05, 0) is 85.5 Å². The third-order valence-corrected chi connectivity index (χ3v) is 17.7. The van der Waals surface area contributed by atoms with Crippen LogP contribution >= 0.6 is 0 Å². The summed E-state index contributed by atoms with van der Waals surface area (Å²) >= 11 is 0. The molecule has 1 saturated heterocycles. The van der Waals surface area contributed by atoms with E-state index in [9.17, 15) is 19.7 Å². The third-order valence-electron chi connectivity index (χ3n) is 17.7. The molecule has 3 aromatic carbocycles. The Morgan fingerprint density at radius 2 is 0.959 bits per heavy atom. The van der Waals surface area contributed by atoms with Crippen molar-refractivity contribution >= 4 is 11.6 Å². The van der Waals surface area contributed by atoms with E-state index in [1.54, 1.807) is 46.7 Å². The molecule has 27 heteroatoms. The van der Waals surface area contributed by atoms with Gasteiger partial charge in [-0.1, -0.05) is 54.6 Å². The van der Waals surface area contributed by atoms with Gasteiger partial charge in [0.05, 0.1) is 65.6 Å². The number of aryl methyl sites for hydroxylation is 6. The zero-order valence-electron chi connectivity index (χ0n) is 55.3. The molecule has 12 aromatic rings. The highest BCUT2D eigenvalue weighted by Crippen LogP contribution is 2.36. The van der Waals surface area contributed by atoms with Gasteiger partial charge in [-0.25, -0.2) is 29.3 Å². The SMILES string of the molecule is Cn1cc(-c2cccc(-c3ncc(-c4ccn(C)n4)c(N[C@@H]4CCC[C@@H](O)[C@H]4O)n3)c2)cn1.Cn1cc(-c2cccc(-c3ncc(-c4ccn(C)n4)c(O[C@@H]4CCC[C@@H](N)[C@@H]4O)n3)c2)cn1.Cn1cc(-c2cccc(-c3ncc(-c4cnn(C)c4)c(N[C@@H]4CNC[C@@H](F)C4)n3)c2)cn1. The average Bonchev–Trinajstić information content (AvgIpc) is 1.24. The molecule has 3 fully saturated rings. The first kappa shape index (κ1) is 65.9. The van der Waals surface area contributed by atoms with E-state index >= 15 is 0 Å². The van der Waals surface area contributed by atoms with E-state index < -0.39 is 30.6 Å². The highest BCUT2D eigenvalue weighted by Gasteiger charge is 2.34. The summed E-state index contributed by atoms with van der Waals surface area (Å²) in [7, 11) is 11.3. The predicted octanol–water partition coefficient (Wildman–Crippen LogP) is 8.25. The van der Waals surface area contributed by atoms with E-state index in [-0.39, 0.29) is 18.1 Å². The highest BCUT2D eigenvalue weighted by molar-refractivity contribution is 5.78. The Labute approximate surface area is 565 Å². The van der Waals surface area contributed by atoms with E-state index in [1.165, 1.54) is 0 Å². The van der Waals surface area contributed by atoms with Crippen LogP contribution in [0.3, 0.4) is 0 Å². The zero-order valence-corrected chi connectivity index (χ0v) is 55.3. The van der Waals surface area contributed by atoms with Crippen molar-refractivity contribution in [3.05, 3.63) is 165 Å². The number of halogens is 1. The van der Waals surface area contributed by atoms with Crippen LogP contribution in [0.15, 0.2) is 165 Å². The Kier molecular flexibility index (Phi) is 19.7. The topological polar surface area (TPSA) is 316 Å². The van der Waals surface area contributed by atoms with E-state index in [1.807, 2.05) is 183 Å². The summed E-state index contributed by atoms with van der Waals surface area (Å²) < 4.78 is 30.7. The van der Waals surface area contributed by atoms with Crippen LogP contribution in [-0.2, 0) is 42.3 Å². The summed E-state index contributed by atoms with van der Waals surface area (Å²) in [6, 6.07) is 27.2. The van der Waals surface area contributed by atoms with Gasteiger partial charge in [-0.15, -0.1) is 0 Å². The molecule has 0 radical (unpaired) electrons. The summed E-state index contributed by atoms with van der Waals surface area (Å²) in [6.07, 6.45) is 25.5. The lowest BCUT2D eigenvalue weighted by Crippen LogP contribution is -2.48. The fourth-order valence-corrected chi connectivity index (χ4v) is 12.5. The van der Waals surface area contributed by atoms with Gasteiger partial charge < -0.3 is 41.7 Å². The summed E-state index contributed by atoms with van der Waals surface area (Å²) in [6.45, 7) is 1.08. The molecule has 0 bridgehead atoms. The third kappa shape index (κ3) is 15.4. The molecule has 98 heavy (non-hydrogen) atoms. The predicted molar refractivity (Wildman–Crippen MR) is 371 cm³/mol. The lowest BCUT2D eigenvalue weighted by molar-refractivity contribution is -0.0161. The summed E-state index contributed by atoms with van der Waals surface area (Å²) in [5.74, 6) is 3.35. The molecule has 504 valence electrons. The number of aliphatic hydroxyl groups excluding tert-OH is 3. The maximum atomic E-state index is 14.0. The zero-order chi connectivity index (χ0) is 68.0. The maximum Gasteiger partial charge on any atom is 0.227 e. The van der Waals surface area contributed by atoms with E-state index in [2.05, 4.69) is 67.6 Å². The summed E-state index contributed by atoms with van der Waals surface area (Å²) in [5.41, 5.74) is 19.5. The van der Waals surface area contributed by atoms with Gasteiger partial charge in [-0.2, -0.15) is 35.6 Å². The van der Waals surface area contributed by atoms with Crippen LogP contribution < -0.4 is 26.4 Å². The monoisotopic (exact) mass is 1320 g/mol. The van der Waals surface area contributed by atoms with E-state index in [4.69, 9.17) is 25.4 Å². The number of anilines is 2. The number of ether oxygens (including phenoxy) is 1. The molecular formula is C71H79FN22O4. The minimum absolute atomic E-state index is 0.0568. The number of nitrogens with two attached hydrogens (primary N) is 1. The molecule has 8 N–H and O–H groups in total. The molecule has 1 aliphatic heterocycles. The number of rotatable bonds is 15. The molecule has 2 saturated carbocycles. The molecule has 0 unspecified atom stereocenters. The highest BCUT2D eigenvalue weighted by atomic mass is 19.1. The Morgan fingerprint density at radius 1 is 0.490 bits per heavy atom. The standard InChI is InChI=1S/2C24H27N7O2.C23H25FN8/c1-30-10-9-19(29-30)18-13-25-23(28-24(18)27-20-7-4-8-21(32)22(20)33)16-6-3-5-15(11-16)17-12-26-31(2)14-17;1-30-10-9-20(29-30)18-13-26-23(28-24(18)33-21-8-4-7-19(25)22(21)32)16-6-3-5-15(11-16)17-12-27-31(2)14-17;1-31-13-17(8-27-31)15-4-3-5-16(6-15)22-26-12-21(18-9-28-32(2)14-18)23(30-22)29-20-7-19(24)10-25-11-20/h3,5-6,9-14,20-22,32-33H,4,7-8H2,1-2H3,(H,25,27,28);3,5-6,9-14,19,21-22,32H,4,7-8,25H2,1-2H3;3-6,8-9,12-14,19-20,25H,7,10-11H2,1-2H3,(H,26,29,30)/t20-,21-,22+;19-,21-,22+;19-,20-/m110/s1. The van der Waals surface area contributed by atoms with Crippen molar-refractivity contribution in [2.24, 2.45) is 48.0 Å². The van der Waals surface area contributed by atoms with Crippen molar-refractivity contribution in [2.45, 2.75) is 93.7 Å². The average molecular weight is 1320 g/mol. The number of piperidine rings is 1. The fraction of sp³-hybridized carbons (Fsp3) is 0.324. The summed E-state index contributed by atoms with van der Waals surface area (Å²) in [4.78, 5) is 28.3.